The van der Waals surface area contributed by atoms with E-state index >= 15 is 0 Å². The molecular weight excluding hydrogens is 244 g/mol. The van der Waals surface area contributed by atoms with Crippen LogP contribution in [-0.4, -0.2) is 46.1 Å². The maximum Gasteiger partial charge on any atom is 0.352 e. The average molecular weight is 254 g/mol. The van der Waals surface area contributed by atoms with Gasteiger partial charge >= 0.3 is 5.97 Å². The van der Waals surface area contributed by atoms with Gasteiger partial charge in [0.25, 0.3) is 11.8 Å². The van der Waals surface area contributed by atoms with Gasteiger partial charge in [0.2, 0.25) is 11.8 Å². The van der Waals surface area contributed by atoms with Crippen molar-refractivity contribution in [3.63, 3.8) is 0 Å². The van der Waals surface area contributed by atoms with Crippen LogP contribution in [0.5, 0.6) is 0 Å². The lowest BCUT2D eigenvalue weighted by Crippen LogP contribution is -2.39. The Morgan fingerprint density at radius 1 is 0.889 bits per heavy atom. The molecule has 0 saturated carbocycles. The fraction of sp³-hybridized carbons (Fsp3) is 0.500. The first-order valence-corrected chi connectivity index (χ1v) is 5.39. The minimum Gasteiger partial charge on any atom is -0.328 e. The third kappa shape index (κ3) is 2.22. The molecule has 0 aromatic carbocycles. The smallest absolute Gasteiger partial charge is 0.328 e. The number of hydroxylamine groups is 2. The Balaban J connectivity index is 1.93. The molecule has 0 aromatic heterocycles. The molecule has 0 unspecified atom stereocenters. The van der Waals surface area contributed by atoms with Gasteiger partial charge in [-0.3, -0.25) is 24.1 Å². The molecule has 2 aliphatic heterocycles. The number of carbonyl (C=O) groups excluding carboxylic acids is 5. The van der Waals surface area contributed by atoms with Crippen molar-refractivity contribution in [2.75, 3.05) is 6.54 Å². The van der Waals surface area contributed by atoms with E-state index in [1.165, 1.54) is 0 Å². The molecule has 2 aliphatic rings. The van der Waals surface area contributed by atoms with Crippen LogP contribution in [0.2, 0.25) is 0 Å². The SMILES string of the molecule is O=C(CN1C(=O)CCC1=O)ON1C(=O)CCC1=O. The first-order chi connectivity index (χ1) is 8.49. The molecule has 4 amide bonds. The summed E-state index contributed by atoms with van der Waals surface area (Å²) in [6, 6.07) is 0. The van der Waals surface area contributed by atoms with E-state index in [1.807, 2.05) is 0 Å². The van der Waals surface area contributed by atoms with E-state index in [0.29, 0.717) is 5.06 Å². The Kier molecular flexibility index (Phi) is 3.09. The Morgan fingerprint density at radius 2 is 1.33 bits per heavy atom. The molecule has 0 aliphatic carbocycles. The van der Waals surface area contributed by atoms with Crippen LogP contribution in [0.15, 0.2) is 0 Å². The second-order valence-corrected chi connectivity index (χ2v) is 3.92. The van der Waals surface area contributed by atoms with Crippen LogP contribution in [0.4, 0.5) is 0 Å². The van der Waals surface area contributed by atoms with Gasteiger partial charge in [-0.2, -0.15) is 0 Å². The maximum absolute atomic E-state index is 11.4. The molecule has 0 aromatic rings. The highest BCUT2D eigenvalue weighted by atomic mass is 16.7. The van der Waals surface area contributed by atoms with E-state index in [0.717, 1.165) is 4.90 Å². The van der Waals surface area contributed by atoms with E-state index in [2.05, 4.69) is 4.84 Å². The lowest BCUT2D eigenvalue weighted by Gasteiger charge is -2.16. The molecule has 8 heteroatoms. The number of nitrogens with zero attached hydrogens (tertiary/aromatic N) is 2. The standard InChI is InChI=1S/C10H10N2O6/c13-6-1-2-7(14)11(6)5-10(17)18-12-8(15)3-4-9(12)16/h1-5H2. The summed E-state index contributed by atoms with van der Waals surface area (Å²) in [5.41, 5.74) is 0. The zero-order chi connectivity index (χ0) is 13.3. The van der Waals surface area contributed by atoms with Crippen LogP contribution < -0.4 is 0 Å². The topological polar surface area (TPSA) is 101 Å². The summed E-state index contributed by atoms with van der Waals surface area (Å²) in [5, 5.41) is 0.382. The Bertz CT molecular complexity index is 385. The second kappa shape index (κ2) is 4.55. The van der Waals surface area contributed by atoms with Crippen molar-refractivity contribution in [1.29, 1.82) is 0 Å². The molecule has 2 saturated heterocycles. The normalized spacial score (nSPS) is 20.0. The number of carbonyl (C=O) groups is 5. The maximum atomic E-state index is 11.4. The van der Waals surface area contributed by atoms with Gasteiger partial charge in [-0.15, -0.1) is 5.06 Å². The molecule has 8 nitrogen and oxygen atoms in total. The van der Waals surface area contributed by atoms with Gasteiger partial charge in [0.15, 0.2) is 0 Å². The summed E-state index contributed by atoms with van der Waals surface area (Å²) in [7, 11) is 0. The van der Waals surface area contributed by atoms with Crippen LogP contribution >= 0.6 is 0 Å². The molecule has 2 fully saturated rings. The third-order valence-corrected chi connectivity index (χ3v) is 2.64. The predicted octanol–water partition coefficient (Wildman–Crippen LogP) is -1.26. The monoisotopic (exact) mass is 254 g/mol. The summed E-state index contributed by atoms with van der Waals surface area (Å²) in [5.74, 6) is -3.12. The van der Waals surface area contributed by atoms with Crippen molar-refractivity contribution >= 4 is 29.6 Å². The molecule has 2 rings (SSSR count). The number of imide groups is 2. The van der Waals surface area contributed by atoms with Gasteiger partial charge in [-0.1, -0.05) is 0 Å². The van der Waals surface area contributed by atoms with Gasteiger partial charge in [0, 0.05) is 25.7 Å². The number of rotatable bonds is 3. The van der Waals surface area contributed by atoms with Crippen molar-refractivity contribution in [2.45, 2.75) is 25.7 Å². The zero-order valence-electron chi connectivity index (χ0n) is 9.38. The molecule has 0 radical (unpaired) electrons. The van der Waals surface area contributed by atoms with Crippen molar-refractivity contribution < 1.29 is 28.8 Å². The summed E-state index contributed by atoms with van der Waals surface area (Å²) >= 11 is 0. The van der Waals surface area contributed by atoms with Crippen LogP contribution in [-0.2, 0) is 28.8 Å². The first-order valence-electron chi connectivity index (χ1n) is 5.39. The van der Waals surface area contributed by atoms with Crippen molar-refractivity contribution in [2.24, 2.45) is 0 Å². The third-order valence-electron chi connectivity index (χ3n) is 2.64. The summed E-state index contributed by atoms with van der Waals surface area (Å²) in [6.45, 7) is -0.575. The van der Waals surface area contributed by atoms with E-state index in [4.69, 9.17) is 0 Å². The molecular formula is C10H10N2O6. The molecule has 2 heterocycles. The number of likely N-dealkylation sites (tertiary alicyclic amines) is 1. The van der Waals surface area contributed by atoms with Gasteiger partial charge in [0.05, 0.1) is 0 Å². The fourth-order valence-electron chi connectivity index (χ4n) is 1.72. The zero-order valence-corrected chi connectivity index (χ0v) is 9.38. The highest BCUT2D eigenvalue weighted by Crippen LogP contribution is 2.14. The van der Waals surface area contributed by atoms with Crippen molar-refractivity contribution in [3.8, 4) is 0 Å². The quantitative estimate of drug-likeness (QED) is 0.583. The lowest BCUT2D eigenvalue weighted by molar-refractivity contribution is -0.198. The fourth-order valence-corrected chi connectivity index (χ4v) is 1.72. The summed E-state index contributed by atoms with van der Waals surface area (Å²) in [4.78, 5) is 61.5. The highest BCUT2D eigenvalue weighted by Gasteiger charge is 2.35. The first kappa shape index (κ1) is 12.2. The van der Waals surface area contributed by atoms with Crippen LogP contribution in [0.25, 0.3) is 0 Å². The molecule has 0 N–H and O–H groups in total. The minimum absolute atomic E-state index is 0.00626. The Hall–Kier alpha value is -2.25. The minimum atomic E-state index is -0.984. The van der Waals surface area contributed by atoms with E-state index in [9.17, 15) is 24.0 Å². The molecule has 0 spiro atoms. The van der Waals surface area contributed by atoms with E-state index < -0.39 is 36.1 Å². The predicted molar refractivity (Wildman–Crippen MR) is 53.1 cm³/mol. The number of hydrogen-bond acceptors (Lipinski definition) is 6. The van der Waals surface area contributed by atoms with E-state index in [-0.39, 0.29) is 25.7 Å². The van der Waals surface area contributed by atoms with Crippen LogP contribution in [0, 0.1) is 0 Å². The van der Waals surface area contributed by atoms with Gasteiger partial charge in [-0.05, 0) is 0 Å². The van der Waals surface area contributed by atoms with Gasteiger partial charge < -0.3 is 4.84 Å². The molecule has 18 heavy (non-hydrogen) atoms. The van der Waals surface area contributed by atoms with Gasteiger partial charge in [0.1, 0.15) is 6.54 Å². The average Bonchev–Trinajstić information content (AvgIpc) is 2.79. The lowest BCUT2D eigenvalue weighted by atomic mass is 10.4. The Morgan fingerprint density at radius 3 is 1.83 bits per heavy atom. The highest BCUT2D eigenvalue weighted by molar-refractivity contribution is 6.05. The number of hydrogen-bond donors (Lipinski definition) is 0. The van der Waals surface area contributed by atoms with E-state index in [1.54, 1.807) is 0 Å². The Labute approximate surface area is 101 Å². The number of amides is 4. The van der Waals surface area contributed by atoms with Crippen LogP contribution in [0.3, 0.4) is 0 Å². The molecule has 0 bridgehead atoms. The summed E-state index contributed by atoms with van der Waals surface area (Å²) < 4.78 is 0. The van der Waals surface area contributed by atoms with Gasteiger partial charge in [-0.25, -0.2) is 4.79 Å². The second-order valence-electron chi connectivity index (χ2n) is 3.92. The van der Waals surface area contributed by atoms with Crippen LogP contribution in [0.1, 0.15) is 25.7 Å². The van der Waals surface area contributed by atoms with Crippen molar-refractivity contribution in [1.82, 2.24) is 9.96 Å². The molecule has 0 atom stereocenters. The van der Waals surface area contributed by atoms with Crippen molar-refractivity contribution in [3.05, 3.63) is 0 Å². The summed E-state index contributed by atoms with van der Waals surface area (Å²) in [6.07, 6.45) is 0.114. The molecule has 96 valence electrons. The largest absolute Gasteiger partial charge is 0.352 e.